The Morgan fingerprint density at radius 2 is 2.38 bits per heavy atom. The van der Waals surface area contributed by atoms with E-state index in [0.717, 1.165) is 36.1 Å². The number of carbonyl (C=O) groups excluding carboxylic acids is 1. The molecule has 5 heteroatoms. The summed E-state index contributed by atoms with van der Waals surface area (Å²) < 4.78 is 2.92. The van der Waals surface area contributed by atoms with Crippen LogP contribution in [0.1, 0.15) is 31.9 Å². The molecule has 0 fully saturated rings. The van der Waals surface area contributed by atoms with E-state index >= 15 is 0 Å². The Labute approximate surface area is 105 Å². The van der Waals surface area contributed by atoms with Crippen LogP contribution in [0.3, 0.4) is 0 Å². The number of hydrogen-bond donors (Lipinski definition) is 1. The summed E-state index contributed by atoms with van der Waals surface area (Å²) in [5.41, 5.74) is 0.995. The molecule has 1 aromatic rings. The molecule has 90 valence electrons. The highest BCUT2D eigenvalue weighted by Gasteiger charge is 2.01. The van der Waals surface area contributed by atoms with Crippen molar-refractivity contribution < 1.29 is 4.79 Å². The molecule has 0 spiro atoms. The summed E-state index contributed by atoms with van der Waals surface area (Å²) in [6, 6.07) is 0. The van der Waals surface area contributed by atoms with Crippen molar-refractivity contribution in [2.45, 2.75) is 39.7 Å². The van der Waals surface area contributed by atoms with Crippen molar-refractivity contribution in [2.75, 3.05) is 6.54 Å². The minimum Gasteiger partial charge on any atom is -0.356 e. The van der Waals surface area contributed by atoms with Crippen LogP contribution in [0.4, 0.5) is 0 Å². The van der Waals surface area contributed by atoms with Crippen molar-refractivity contribution in [2.24, 2.45) is 0 Å². The average Bonchev–Trinajstić information content (AvgIpc) is 2.54. The van der Waals surface area contributed by atoms with Crippen molar-refractivity contribution in [3.05, 3.63) is 16.4 Å². The first-order chi connectivity index (χ1) is 7.63. The molecule has 1 rings (SSSR count). The highest BCUT2D eigenvalue weighted by molar-refractivity contribution is 9.10. The zero-order valence-electron chi connectivity index (χ0n) is 9.79. The summed E-state index contributed by atoms with van der Waals surface area (Å²) >= 11 is 3.42. The molecule has 1 heterocycles. The summed E-state index contributed by atoms with van der Waals surface area (Å²) in [6.07, 6.45) is 4.38. The zero-order valence-corrected chi connectivity index (χ0v) is 11.4. The highest BCUT2D eigenvalue weighted by atomic mass is 79.9. The first-order valence-electron chi connectivity index (χ1n) is 5.59. The minimum absolute atomic E-state index is 0.139. The normalized spacial score (nSPS) is 10.4. The van der Waals surface area contributed by atoms with Crippen LogP contribution >= 0.6 is 15.9 Å². The monoisotopic (exact) mass is 287 g/mol. The van der Waals surface area contributed by atoms with E-state index in [0.29, 0.717) is 6.42 Å². The molecule has 0 bridgehead atoms. The molecule has 0 aliphatic carbocycles. The van der Waals surface area contributed by atoms with Crippen LogP contribution in [0.2, 0.25) is 0 Å². The van der Waals surface area contributed by atoms with Gasteiger partial charge in [-0.05, 0) is 35.7 Å². The fraction of sp³-hybridized carbons (Fsp3) is 0.636. The van der Waals surface area contributed by atoms with Crippen molar-refractivity contribution in [3.8, 4) is 0 Å². The number of amides is 1. The minimum atomic E-state index is 0.139. The maximum absolute atomic E-state index is 11.2. The van der Waals surface area contributed by atoms with Gasteiger partial charge in [-0.1, -0.05) is 6.92 Å². The lowest BCUT2D eigenvalue weighted by molar-refractivity contribution is -0.121. The summed E-state index contributed by atoms with van der Waals surface area (Å²) in [4.78, 5) is 11.2. The van der Waals surface area contributed by atoms with E-state index in [4.69, 9.17) is 0 Å². The van der Waals surface area contributed by atoms with Crippen LogP contribution < -0.4 is 5.32 Å². The maximum Gasteiger partial charge on any atom is 0.219 e. The quantitative estimate of drug-likeness (QED) is 0.816. The summed E-state index contributed by atoms with van der Waals surface area (Å²) in [5, 5.41) is 7.20. The molecule has 0 radical (unpaired) electrons. The summed E-state index contributed by atoms with van der Waals surface area (Å²) in [5.74, 6) is 0.139. The van der Waals surface area contributed by atoms with Gasteiger partial charge in [0.2, 0.25) is 5.91 Å². The zero-order chi connectivity index (χ0) is 12.0. The van der Waals surface area contributed by atoms with Gasteiger partial charge in [0.1, 0.15) is 0 Å². The van der Waals surface area contributed by atoms with Crippen LogP contribution in [-0.4, -0.2) is 22.2 Å². The van der Waals surface area contributed by atoms with E-state index < -0.39 is 0 Å². The Kier molecular flexibility index (Phi) is 5.52. The van der Waals surface area contributed by atoms with Crippen LogP contribution in [0.5, 0.6) is 0 Å². The van der Waals surface area contributed by atoms with Crippen LogP contribution in [0.15, 0.2) is 10.7 Å². The van der Waals surface area contributed by atoms with Crippen molar-refractivity contribution >= 4 is 21.8 Å². The van der Waals surface area contributed by atoms with E-state index in [1.165, 1.54) is 0 Å². The third kappa shape index (κ3) is 4.35. The number of aromatic nitrogens is 2. The second kappa shape index (κ2) is 6.68. The van der Waals surface area contributed by atoms with Crippen LogP contribution in [0, 0.1) is 6.92 Å². The number of carbonyl (C=O) groups is 1. The maximum atomic E-state index is 11.2. The van der Waals surface area contributed by atoms with E-state index in [1.54, 1.807) is 0 Å². The number of rotatable bonds is 6. The molecule has 16 heavy (non-hydrogen) atoms. The number of halogens is 1. The van der Waals surface area contributed by atoms with Crippen LogP contribution in [0.25, 0.3) is 0 Å². The molecule has 0 aromatic carbocycles. The fourth-order valence-corrected chi connectivity index (χ4v) is 1.71. The van der Waals surface area contributed by atoms with Gasteiger partial charge < -0.3 is 5.32 Å². The van der Waals surface area contributed by atoms with Gasteiger partial charge in [-0.2, -0.15) is 5.10 Å². The van der Waals surface area contributed by atoms with Gasteiger partial charge in [0.15, 0.2) is 0 Å². The van der Waals surface area contributed by atoms with Crippen molar-refractivity contribution in [1.29, 1.82) is 0 Å². The predicted octanol–water partition coefficient (Wildman–Crippen LogP) is 2.26. The average molecular weight is 288 g/mol. The largest absolute Gasteiger partial charge is 0.356 e. The van der Waals surface area contributed by atoms with Crippen molar-refractivity contribution in [3.63, 3.8) is 0 Å². The lowest BCUT2D eigenvalue weighted by atomic mass is 10.3. The molecular weight excluding hydrogens is 270 g/mol. The highest BCUT2D eigenvalue weighted by Crippen LogP contribution is 2.13. The molecule has 1 aromatic heterocycles. The summed E-state index contributed by atoms with van der Waals surface area (Å²) in [7, 11) is 0. The molecule has 1 amide bonds. The molecule has 0 unspecified atom stereocenters. The SMILES string of the molecule is CCCC(=O)NCCCn1cc(Br)c(C)n1. The standard InChI is InChI=1S/C11H18BrN3O/c1-3-5-11(16)13-6-4-7-15-8-10(12)9(2)14-15/h8H,3-7H2,1-2H3,(H,13,16). The number of nitrogens with zero attached hydrogens (tertiary/aromatic N) is 2. The van der Waals surface area contributed by atoms with Gasteiger partial charge in [-0.15, -0.1) is 0 Å². The van der Waals surface area contributed by atoms with Gasteiger partial charge in [0.25, 0.3) is 0 Å². The molecule has 4 nitrogen and oxygen atoms in total. The van der Waals surface area contributed by atoms with Gasteiger partial charge in [0.05, 0.1) is 10.2 Å². The first-order valence-corrected chi connectivity index (χ1v) is 6.39. The Morgan fingerprint density at radius 1 is 1.62 bits per heavy atom. The number of aryl methyl sites for hydroxylation is 2. The molecular formula is C11H18BrN3O. The van der Waals surface area contributed by atoms with Crippen molar-refractivity contribution in [1.82, 2.24) is 15.1 Å². The fourth-order valence-electron chi connectivity index (χ4n) is 1.39. The van der Waals surface area contributed by atoms with E-state index in [9.17, 15) is 4.79 Å². The summed E-state index contributed by atoms with van der Waals surface area (Å²) in [6.45, 7) is 5.52. The Morgan fingerprint density at radius 3 is 2.94 bits per heavy atom. The molecule has 0 saturated heterocycles. The third-order valence-corrected chi connectivity index (χ3v) is 3.03. The lowest BCUT2D eigenvalue weighted by Crippen LogP contribution is -2.24. The second-order valence-electron chi connectivity index (χ2n) is 3.78. The van der Waals surface area contributed by atoms with Gasteiger partial charge in [-0.3, -0.25) is 9.48 Å². The van der Waals surface area contributed by atoms with E-state index in [2.05, 4.69) is 26.3 Å². The first kappa shape index (κ1) is 13.2. The van der Waals surface area contributed by atoms with Gasteiger partial charge in [0, 0.05) is 25.7 Å². The van der Waals surface area contributed by atoms with E-state index in [1.807, 2.05) is 24.7 Å². The molecule has 0 aliphatic heterocycles. The number of hydrogen-bond acceptors (Lipinski definition) is 2. The lowest BCUT2D eigenvalue weighted by Gasteiger charge is -2.04. The molecule has 0 saturated carbocycles. The van der Waals surface area contributed by atoms with Crippen LogP contribution in [-0.2, 0) is 11.3 Å². The Balaban J connectivity index is 2.18. The molecule has 0 atom stereocenters. The van der Waals surface area contributed by atoms with Gasteiger partial charge >= 0.3 is 0 Å². The Bertz CT molecular complexity index is 329. The van der Waals surface area contributed by atoms with E-state index in [-0.39, 0.29) is 5.91 Å². The topological polar surface area (TPSA) is 46.9 Å². The number of nitrogens with one attached hydrogen (secondary N) is 1. The molecule has 1 N–H and O–H groups in total. The molecule has 0 aliphatic rings. The Hall–Kier alpha value is -0.840. The second-order valence-corrected chi connectivity index (χ2v) is 4.63. The third-order valence-electron chi connectivity index (χ3n) is 2.25. The smallest absolute Gasteiger partial charge is 0.219 e. The predicted molar refractivity (Wildman–Crippen MR) is 67.2 cm³/mol. The van der Waals surface area contributed by atoms with Gasteiger partial charge in [-0.25, -0.2) is 0 Å².